The molecule has 1 fully saturated rings. The highest BCUT2D eigenvalue weighted by Crippen LogP contribution is 2.41. The predicted octanol–water partition coefficient (Wildman–Crippen LogP) is 5.29. The third-order valence-electron chi connectivity index (χ3n) is 6.57. The van der Waals surface area contributed by atoms with Gasteiger partial charge in [0.25, 0.3) is 11.7 Å². The van der Waals surface area contributed by atoms with Crippen molar-refractivity contribution >= 4 is 23.1 Å². The van der Waals surface area contributed by atoms with E-state index >= 15 is 0 Å². The van der Waals surface area contributed by atoms with Crippen LogP contribution in [0.2, 0.25) is 0 Å². The molecule has 7 nitrogen and oxygen atoms in total. The van der Waals surface area contributed by atoms with E-state index in [1.165, 1.54) is 4.90 Å². The summed E-state index contributed by atoms with van der Waals surface area (Å²) in [6.45, 7) is 6.74. The Kier molecular flexibility index (Phi) is 7.62. The Bertz CT molecular complexity index is 1310. The molecule has 4 rings (SSSR count). The van der Waals surface area contributed by atoms with Gasteiger partial charge in [0, 0.05) is 44.3 Å². The van der Waals surface area contributed by atoms with Gasteiger partial charge in [0.15, 0.2) is 0 Å². The Morgan fingerprint density at radius 2 is 1.73 bits per heavy atom. The highest BCUT2D eigenvalue weighted by molar-refractivity contribution is 6.46. The second kappa shape index (κ2) is 10.9. The lowest BCUT2D eigenvalue weighted by molar-refractivity contribution is -0.140. The molecule has 2 aromatic carbocycles. The van der Waals surface area contributed by atoms with Crippen LogP contribution in [0.1, 0.15) is 55.0 Å². The number of carbonyl (C=O) groups excluding carboxylic acids is 2. The molecule has 0 radical (unpaired) electrons. The van der Waals surface area contributed by atoms with Crippen LogP contribution >= 0.6 is 0 Å². The number of aromatic nitrogens is 1. The van der Waals surface area contributed by atoms with Crippen LogP contribution in [0.3, 0.4) is 0 Å². The number of rotatable bonds is 8. The van der Waals surface area contributed by atoms with Crippen molar-refractivity contribution in [1.29, 1.82) is 0 Å². The van der Waals surface area contributed by atoms with E-state index in [4.69, 9.17) is 4.74 Å². The molecule has 1 aliphatic rings. The topological polar surface area (TPSA) is 83.0 Å². The molecule has 1 amide bonds. The summed E-state index contributed by atoms with van der Waals surface area (Å²) in [4.78, 5) is 34.3. The number of ketones is 1. The normalized spacial score (nSPS) is 16.9. The molecule has 1 atom stereocenters. The third kappa shape index (κ3) is 5.21. The van der Waals surface area contributed by atoms with Crippen LogP contribution in [0.5, 0.6) is 5.75 Å². The molecule has 1 saturated heterocycles. The molecular formula is C30H33N3O4. The molecular weight excluding hydrogens is 466 g/mol. The summed E-state index contributed by atoms with van der Waals surface area (Å²) in [5.41, 5.74) is 4.05. The first-order valence-electron chi connectivity index (χ1n) is 12.4. The van der Waals surface area contributed by atoms with Gasteiger partial charge in [-0.1, -0.05) is 26.0 Å². The van der Waals surface area contributed by atoms with Crippen molar-refractivity contribution < 1.29 is 19.4 Å². The molecule has 3 aromatic rings. The first kappa shape index (κ1) is 25.9. The van der Waals surface area contributed by atoms with Crippen LogP contribution in [0.15, 0.2) is 72.6 Å². The summed E-state index contributed by atoms with van der Waals surface area (Å²) < 4.78 is 5.77. The number of hydrogen-bond donors (Lipinski definition) is 1. The number of Topliss-reactive ketones (excluding diaryl/α,β-unsaturated/α-hetero) is 1. The maximum atomic E-state index is 13.4. The van der Waals surface area contributed by atoms with Crippen LogP contribution in [0.25, 0.3) is 5.76 Å². The van der Waals surface area contributed by atoms with Crippen LogP contribution in [-0.2, 0) is 16.1 Å². The van der Waals surface area contributed by atoms with Gasteiger partial charge in [-0.3, -0.25) is 14.6 Å². The van der Waals surface area contributed by atoms with Crippen LogP contribution in [-0.4, -0.2) is 47.4 Å². The predicted molar refractivity (Wildman–Crippen MR) is 145 cm³/mol. The van der Waals surface area contributed by atoms with E-state index in [-0.39, 0.29) is 23.8 Å². The molecule has 0 aliphatic carbocycles. The van der Waals surface area contributed by atoms with Gasteiger partial charge in [0.1, 0.15) is 11.5 Å². The van der Waals surface area contributed by atoms with Crippen molar-refractivity contribution in [3.63, 3.8) is 0 Å². The lowest BCUT2D eigenvalue weighted by Gasteiger charge is -2.26. The van der Waals surface area contributed by atoms with E-state index in [1.54, 1.807) is 18.5 Å². The average Bonchev–Trinajstić information content (AvgIpc) is 3.14. The quantitative estimate of drug-likeness (QED) is 0.258. The number of anilines is 1. The lowest BCUT2D eigenvalue weighted by atomic mass is 9.93. The standard InChI is InChI=1S/C30H33N3O4/c1-6-37-25-12-9-22(17-24(25)19(2)3)28(34)26-27(21-7-10-23(11-8-21)32(4)5)33(30(36)29(26)35)18-20-13-15-31-16-14-20/h7-17,19,27,34H,6,18H2,1-5H3/b28-26-. The number of hydrogen-bond acceptors (Lipinski definition) is 6. The van der Waals surface area contributed by atoms with E-state index in [0.29, 0.717) is 12.2 Å². The van der Waals surface area contributed by atoms with E-state index in [1.807, 2.05) is 88.3 Å². The number of aliphatic hydroxyl groups excluding tert-OH is 1. The van der Waals surface area contributed by atoms with E-state index < -0.39 is 17.7 Å². The molecule has 1 aliphatic heterocycles. The molecule has 1 N–H and O–H groups in total. The van der Waals surface area contributed by atoms with Crippen molar-refractivity contribution in [3.05, 3.63) is 94.8 Å². The van der Waals surface area contributed by atoms with Gasteiger partial charge < -0.3 is 19.6 Å². The van der Waals surface area contributed by atoms with E-state index in [9.17, 15) is 14.7 Å². The lowest BCUT2D eigenvalue weighted by Crippen LogP contribution is -2.29. The number of pyridine rings is 1. The first-order valence-corrected chi connectivity index (χ1v) is 12.4. The average molecular weight is 500 g/mol. The molecule has 1 unspecified atom stereocenters. The molecule has 0 bridgehead atoms. The minimum atomic E-state index is -0.738. The summed E-state index contributed by atoms with van der Waals surface area (Å²) in [7, 11) is 3.89. The Hall–Kier alpha value is -4.13. The zero-order valence-electron chi connectivity index (χ0n) is 21.9. The Labute approximate surface area is 218 Å². The second-order valence-corrected chi connectivity index (χ2v) is 9.61. The Morgan fingerprint density at radius 3 is 2.32 bits per heavy atom. The van der Waals surface area contributed by atoms with Crippen LogP contribution in [0, 0.1) is 0 Å². The zero-order chi connectivity index (χ0) is 26.7. The smallest absolute Gasteiger partial charge is 0.295 e. The molecule has 0 saturated carbocycles. The molecule has 1 aromatic heterocycles. The summed E-state index contributed by atoms with van der Waals surface area (Å²) in [5.74, 6) is -0.661. The molecule has 7 heteroatoms. The first-order chi connectivity index (χ1) is 17.7. The number of carbonyl (C=O) groups is 2. The van der Waals surface area contributed by atoms with Crippen molar-refractivity contribution in [2.24, 2.45) is 0 Å². The fourth-order valence-corrected chi connectivity index (χ4v) is 4.62. The zero-order valence-corrected chi connectivity index (χ0v) is 21.9. The third-order valence-corrected chi connectivity index (χ3v) is 6.57. The second-order valence-electron chi connectivity index (χ2n) is 9.61. The summed E-state index contributed by atoms with van der Waals surface area (Å²) in [5, 5.41) is 11.5. The number of benzene rings is 2. The van der Waals surface area contributed by atoms with Gasteiger partial charge in [-0.15, -0.1) is 0 Å². The van der Waals surface area contributed by atoms with Crippen molar-refractivity contribution in [1.82, 2.24) is 9.88 Å². The van der Waals surface area contributed by atoms with Gasteiger partial charge in [-0.2, -0.15) is 0 Å². The number of amides is 1. The van der Waals surface area contributed by atoms with Gasteiger partial charge in [-0.25, -0.2) is 0 Å². The van der Waals surface area contributed by atoms with Crippen LogP contribution < -0.4 is 9.64 Å². The number of ether oxygens (including phenoxy) is 1. The van der Waals surface area contributed by atoms with E-state index in [0.717, 1.165) is 28.1 Å². The van der Waals surface area contributed by atoms with Gasteiger partial charge in [-0.05, 0) is 72.0 Å². The maximum Gasteiger partial charge on any atom is 0.295 e. The molecule has 37 heavy (non-hydrogen) atoms. The van der Waals surface area contributed by atoms with Gasteiger partial charge >= 0.3 is 0 Å². The largest absolute Gasteiger partial charge is 0.507 e. The monoisotopic (exact) mass is 499 g/mol. The van der Waals surface area contributed by atoms with Crippen molar-refractivity contribution in [2.45, 2.75) is 39.3 Å². The highest BCUT2D eigenvalue weighted by Gasteiger charge is 2.46. The maximum absolute atomic E-state index is 13.4. The SMILES string of the molecule is CCOc1ccc(/C(O)=C2/C(=O)C(=O)N(Cc3ccncc3)C2c2ccc(N(C)C)cc2)cc1C(C)C. The number of nitrogens with zero attached hydrogens (tertiary/aromatic N) is 3. The summed E-state index contributed by atoms with van der Waals surface area (Å²) in [6, 6.07) is 15.9. The highest BCUT2D eigenvalue weighted by atomic mass is 16.5. The Morgan fingerprint density at radius 1 is 1.05 bits per heavy atom. The summed E-state index contributed by atoms with van der Waals surface area (Å²) in [6.07, 6.45) is 3.31. The minimum absolute atomic E-state index is 0.0792. The molecule has 0 spiro atoms. The number of aliphatic hydroxyl groups is 1. The van der Waals surface area contributed by atoms with E-state index in [2.05, 4.69) is 4.98 Å². The van der Waals surface area contributed by atoms with Crippen LogP contribution in [0.4, 0.5) is 5.69 Å². The van der Waals surface area contributed by atoms with Crippen molar-refractivity contribution in [2.75, 3.05) is 25.6 Å². The number of likely N-dealkylation sites (tertiary alicyclic amines) is 1. The Balaban J connectivity index is 1.86. The van der Waals surface area contributed by atoms with Gasteiger partial charge in [0.05, 0.1) is 18.2 Å². The molecule has 2 heterocycles. The fourth-order valence-electron chi connectivity index (χ4n) is 4.62. The minimum Gasteiger partial charge on any atom is -0.507 e. The van der Waals surface area contributed by atoms with Crippen molar-refractivity contribution in [3.8, 4) is 5.75 Å². The van der Waals surface area contributed by atoms with Gasteiger partial charge in [0.2, 0.25) is 0 Å². The fraction of sp³-hybridized carbons (Fsp3) is 0.300. The molecule has 192 valence electrons. The summed E-state index contributed by atoms with van der Waals surface area (Å²) >= 11 is 0.